The third-order valence-electron chi connectivity index (χ3n) is 4.40. The van der Waals surface area contributed by atoms with E-state index in [2.05, 4.69) is 15.3 Å². The summed E-state index contributed by atoms with van der Waals surface area (Å²) in [5, 5.41) is 3.66. The quantitative estimate of drug-likeness (QED) is 0.747. The van der Waals surface area contributed by atoms with Gasteiger partial charge in [0, 0.05) is 19.2 Å². The number of aryl methyl sites for hydroxylation is 1. The predicted molar refractivity (Wildman–Crippen MR) is 106 cm³/mol. The highest BCUT2D eigenvalue weighted by atomic mass is 32.1. The minimum Gasteiger partial charge on any atom is -0.319 e. The molecule has 3 heterocycles. The van der Waals surface area contributed by atoms with Crippen molar-refractivity contribution in [3.05, 3.63) is 59.2 Å². The number of hydrogen-bond donors (Lipinski definition) is 1. The van der Waals surface area contributed by atoms with Gasteiger partial charge in [0.05, 0.1) is 22.8 Å². The summed E-state index contributed by atoms with van der Waals surface area (Å²) >= 11 is 1.31. The Bertz CT molecular complexity index is 1000. The summed E-state index contributed by atoms with van der Waals surface area (Å²) in [6, 6.07) is 13.0. The average Bonchev–Trinajstić information content (AvgIpc) is 3.28. The molecule has 2 amide bonds. The maximum absolute atomic E-state index is 12.9. The first-order valence-corrected chi connectivity index (χ1v) is 9.55. The number of amides is 2. The molecular formula is C20H18N4O2S. The second-order valence-electron chi connectivity index (χ2n) is 6.27. The van der Waals surface area contributed by atoms with Crippen LogP contribution in [0.4, 0.5) is 11.4 Å². The lowest BCUT2D eigenvalue weighted by atomic mass is 10.2. The molecule has 3 aromatic rings. The van der Waals surface area contributed by atoms with Crippen molar-refractivity contribution < 1.29 is 9.59 Å². The Labute approximate surface area is 160 Å². The Morgan fingerprint density at radius 3 is 2.74 bits per heavy atom. The summed E-state index contributed by atoms with van der Waals surface area (Å²) in [5.74, 6) is -0.144. The molecule has 1 aromatic carbocycles. The van der Waals surface area contributed by atoms with E-state index < -0.39 is 0 Å². The highest BCUT2D eigenvalue weighted by Gasteiger charge is 2.25. The van der Waals surface area contributed by atoms with E-state index in [0.29, 0.717) is 34.2 Å². The molecule has 27 heavy (non-hydrogen) atoms. The molecule has 0 atom stereocenters. The number of benzene rings is 1. The van der Waals surface area contributed by atoms with Crippen LogP contribution in [0.15, 0.2) is 48.7 Å². The molecular weight excluding hydrogens is 360 g/mol. The molecule has 1 saturated heterocycles. The fourth-order valence-electron chi connectivity index (χ4n) is 3.10. The van der Waals surface area contributed by atoms with Crippen LogP contribution in [0.3, 0.4) is 0 Å². The molecule has 6 nitrogen and oxygen atoms in total. The van der Waals surface area contributed by atoms with Crippen LogP contribution in [-0.4, -0.2) is 28.3 Å². The largest absolute Gasteiger partial charge is 0.319 e. The summed E-state index contributed by atoms with van der Waals surface area (Å²) in [4.78, 5) is 36.0. The summed E-state index contributed by atoms with van der Waals surface area (Å²) in [6.07, 6.45) is 3.08. The molecule has 0 bridgehead atoms. The van der Waals surface area contributed by atoms with Crippen molar-refractivity contribution in [3.8, 4) is 10.7 Å². The van der Waals surface area contributed by atoms with Crippen LogP contribution in [0.5, 0.6) is 0 Å². The van der Waals surface area contributed by atoms with Gasteiger partial charge in [0.25, 0.3) is 5.91 Å². The molecule has 0 saturated carbocycles. The van der Waals surface area contributed by atoms with Crippen molar-refractivity contribution in [2.75, 3.05) is 16.8 Å². The zero-order valence-corrected chi connectivity index (χ0v) is 15.6. The maximum Gasteiger partial charge on any atom is 0.267 e. The average molecular weight is 378 g/mol. The topological polar surface area (TPSA) is 75.2 Å². The van der Waals surface area contributed by atoms with Gasteiger partial charge in [-0.2, -0.15) is 0 Å². The Morgan fingerprint density at radius 1 is 1.19 bits per heavy atom. The lowest BCUT2D eigenvalue weighted by Crippen LogP contribution is -2.25. The third-order valence-corrected chi connectivity index (χ3v) is 5.58. The van der Waals surface area contributed by atoms with Crippen LogP contribution in [0.1, 0.15) is 28.2 Å². The Balaban J connectivity index is 1.61. The number of hydrogen-bond acceptors (Lipinski definition) is 5. The number of pyridine rings is 1. The van der Waals surface area contributed by atoms with Gasteiger partial charge in [-0.3, -0.25) is 14.6 Å². The molecule has 1 N–H and O–H groups in total. The smallest absolute Gasteiger partial charge is 0.267 e. The summed E-state index contributed by atoms with van der Waals surface area (Å²) in [7, 11) is 0. The molecule has 0 radical (unpaired) electrons. The number of carbonyl (C=O) groups excluding carboxylic acids is 2. The number of carbonyl (C=O) groups is 2. The Hall–Kier alpha value is -3.06. The van der Waals surface area contributed by atoms with Crippen molar-refractivity contribution >= 4 is 34.5 Å². The normalized spacial score (nSPS) is 13.8. The summed E-state index contributed by atoms with van der Waals surface area (Å²) < 4.78 is 0. The van der Waals surface area contributed by atoms with Crippen molar-refractivity contribution in [1.82, 2.24) is 9.97 Å². The first-order valence-electron chi connectivity index (χ1n) is 8.73. The molecule has 1 fully saturated rings. The van der Waals surface area contributed by atoms with Gasteiger partial charge in [-0.15, -0.1) is 11.3 Å². The second kappa shape index (κ2) is 7.28. The first kappa shape index (κ1) is 17.4. The molecule has 0 spiro atoms. The molecule has 0 aliphatic carbocycles. The van der Waals surface area contributed by atoms with Gasteiger partial charge in [-0.1, -0.05) is 18.2 Å². The lowest BCUT2D eigenvalue weighted by Gasteiger charge is -2.19. The highest BCUT2D eigenvalue weighted by Crippen LogP contribution is 2.31. The standard InChI is InChI=1S/C20H18N4O2S/c1-13-18(27-20(22-13)15-8-4-5-11-21-15)19(26)23-14-7-2-3-9-16(14)24-12-6-10-17(24)25/h2-5,7-9,11H,6,10,12H2,1H3,(H,23,26). The number of rotatable bonds is 4. The van der Waals surface area contributed by atoms with Crippen LogP contribution in [0.2, 0.25) is 0 Å². The predicted octanol–water partition coefficient (Wildman–Crippen LogP) is 3.89. The van der Waals surface area contributed by atoms with E-state index >= 15 is 0 Å². The van der Waals surface area contributed by atoms with E-state index in [9.17, 15) is 9.59 Å². The Morgan fingerprint density at radius 2 is 2.00 bits per heavy atom. The number of nitrogens with one attached hydrogen (secondary N) is 1. The SMILES string of the molecule is Cc1nc(-c2ccccn2)sc1C(=O)Nc1ccccc1N1CCCC1=O. The van der Waals surface area contributed by atoms with Gasteiger partial charge < -0.3 is 10.2 Å². The van der Waals surface area contributed by atoms with E-state index in [4.69, 9.17) is 0 Å². The van der Waals surface area contributed by atoms with E-state index in [1.165, 1.54) is 11.3 Å². The molecule has 2 aromatic heterocycles. The van der Waals surface area contributed by atoms with E-state index in [-0.39, 0.29) is 11.8 Å². The summed E-state index contributed by atoms with van der Waals surface area (Å²) in [5.41, 5.74) is 2.77. The van der Waals surface area contributed by atoms with Gasteiger partial charge in [0.2, 0.25) is 5.91 Å². The number of aromatic nitrogens is 2. The van der Waals surface area contributed by atoms with Crippen LogP contribution >= 0.6 is 11.3 Å². The summed E-state index contributed by atoms with van der Waals surface area (Å²) in [6.45, 7) is 2.49. The zero-order chi connectivity index (χ0) is 18.8. The monoisotopic (exact) mass is 378 g/mol. The maximum atomic E-state index is 12.9. The molecule has 1 aliphatic rings. The van der Waals surface area contributed by atoms with Crippen molar-refractivity contribution in [3.63, 3.8) is 0 Å². The van der Waals surface area contributed by atoms with Crippen molar-refractivity contribution in [1.29, 1.82) is 0 Å². The number of nitrogens with zero attached hydrogens (tertiary/aromatic N) is 3. The van der Waals surface area contributed by atoms with Gasteiger partial charge in [0.15, 0.2) is 0 Å². The van der Waals surface area contributed by atoms with E-state index in [0.717, 1.165) is 17.8 Å². The van der Waals surface area contributed by atoms with Crippen molar-refractivity contribution in [2.24, 2.45) is 0 Å². The molecule has 0 unspecified atom stereocenters. The fourth-order valence-corrected chi connectivity index (χ4v) is 4.04. The number of anilines is 2. The highest BCUT2D eigenvalue weighted by molar-refractivity contribution is 7.17. The van der Waals surface area contributed by atoms with Crippen molar-refractivity contribution in [2.45, 2.75) is 19.8 Å². The molecule has 1 aliphatic heterocycles. The van der Waals surface area contributed by atoms with Crippen LogP contribution in [-0.2, 0) is 4.79 Å². The third kappa shape index (κ3) is 3.46. The zero-order valence-electron chi connectivity index (χ0n) is 14.8. The van der Waals surface area contributed by atoms with Gasteiger partial charge in [-0.25, -0.2) is 4.98 Å². The fraction of sp³-hybridized carbons (Fsp3) is 0.200. The minimum atomic E-state index is -0.230. The molecule has 7 heteroatoms. The minimum absolute atomic E-state index is 0.0862. The van der Waals surface area contributed by atoms with Gasteiger partial charge in [0.1, 0.15) is 9.88 Å². The second-order valence-corrected chi connectivity index (χ2v) is 7.27. The lowest BCUT2D eigenvalue weighted by molar-refractivity contribution is -0.117. The van der Waals surface area contributed by atoms with Crippen LogP contribution in [0, 0.1) is 6.92 Å². The number of para-hydroxylation sites is 2. The molecule has 4 rings (SSSR count). The van der Waals surface area contributed by atoms with Crippen LogP contribution < -0.4 is 10.2 Å². The van der Waals surface area contributed by atoms with Gasteiger partial charge >= 0.3 is 0 Å². The first-order chi connectivity index (χ1) is 13.1. The van der Waals surface area contributed by atoms with Crippen LogP contribution in [0.25, 0.3) is 10.7 Å². The van der Waals surface area contributed by atoms with E-state index in [1.54, 1.807) is 11.1 Å². The Kier molecular flexibility index (Phi) is 4.68. The number of thiazole rings is 1. The van der Waals surface area contributed by atoms with Gasteiger partial charge in [-0.05, 0) is 37.6 Å². The van der Waals surface area contributed by atoms with E-state index in [1.807, 2.05) is 49.4 Å². The molecule has 136 valence electrons.